The summed E-state index contributed by atoms with van der Waals surface area (Å²) in [6.07, 6.45) is 2.48. The van der Waals surface area contributed by atoms with Crippen LogP contribution in [0.25, 0.3) is 0 Å². The Morgan fingerprint density at radius 3 is 2.59 bits per heavy atom. The molecule has 2 N–H and O–H groups in total. The van der Waals surface area contributed by atoms with E-state index in [1.54, 1.807) is 0 Å². The summed E-state index contributed by atoms with van der Waals surface area (Å²) in [7, 11) is -3.22. The number of nitrogen functional groups attached to an aromatic ring is 1. The molecule has 17 heavy (non-hydrogen) atoms. The minimum atomic E-state index is -3.22. The number of hydrogen-bond donors (Lipinski definition) is 1. The van der Waals surface area contributed by atoms with Gasteiger partial charge in [-0.1, -0.05) is 25.8 Å². The Morgan fingerprint density at radius 2 is 2.00 bits per heavy atom. The number of halogens is 1. The first-order chi connectivity index (χ1) is 7.94. The average Bonchev–Trinajstić information content (AvgIpc) is 2.22. The molecule has 0 aromatic heterocycles. The van der Waals surface area contributed by atoms with Crippen LogP contribution >= 0.6 is 0 Å². The first kappa shape index (κ1) is 14.0. The van der Waals surface area contributed by atoms with Crippen LogP contribution in [0.1, 0.15) is 31.7 Å². The summed E-state index contributed by atoms with van der Waals surface area (Å²) in [6.45, 7) is 2.01. The van der Waals surface area contributed by atoms with Crippen LogP contribution in [-0.2, 0) is 15.6 Å². The predicted molar refractivity (Wildman–Crippen MR) is 67.8 cm³/mol. The lowest BCUT2D eigenvalue weighted by atomic mass is 10.2. The van der Waals surface area contributed by atoms with Gasteiger partial charge in [0, 0.05) is 11.3 Å². The highest BCUT2D eigenvalue weighted by Crippen LogP contribution is 2.15. The van der Waals surface area contributed by atoms with Gasteiger partial charge in [-0.05, 0) is 18.6 Å². The summed E-state index contributed by atoms with van der Waals surface area (Å²) >= 11 is 0. The van der Waals surface area contributed by atoms with Gasteiger partial charge in [-0.25, -0.2) is 12.8 Å². The molecule has 0 atom stereocenters. The molecule has 1 rings (SSSR count). The average molecular weight is 259 g/mol. The first-order valence-corrected chi connectivity index (χ1v) is 7.51. The maximum Gasteiger partial charge on any atom is 0.154 e. The van der Waals surface area contributed by atoms with Gasteiger partial charge in [0.25, 0.3) is 0 Å². The van der Waals surface area contributed by atoms with Gasteiger partial charge in [-0.3, -0.25) is 0 Å². The van der Waals surface area contributed by atoms with Crippen molar-refractivity contribution in [1.29, 1.82) is 0 Å². The second kappa shape index (κ2) is 6.00. The molecule has 0 unspecified atom stereocenters. The molecule has 0 radical (unpaired) electrons. The number of rotatable bonds is 6. The Hall–Kier alpha value is -1.10. The first-order valence-electron chi connectivity index (χ1n) is 5.69. The van der Waals surface area contributed by atoms with Crippen LogP contribution in [0, 0.1) is 5.82 Å². The molecule has 0 heterocycles. The SMILES string of the molecule is CCCCCS(=O)(=O)Cc1ccc(N)cc1F. The minimum Gasteiger partial charge on any atom is -0.399 e. The third-order valence-electron chi connectivity index (χ3n) is 2.51. The zero-order chi connectivity index (χ0) is 12.9. The Morgan fingerprint density at radius 1 is 1.29 bits per heavy atom. The number of sulfone groups is 1. The van der Waals surface area contributed by atoms with Gasteiger partial charge in [-0.15, -0.1) is 0 Å². The maximum absolute atomic E-state index is 13.4. The highest BCUT2D eigenvalue weighted by atomic mass is 32.2. The Labute approximate surface area is 102 Å². The maximum atomic E-state index is 13.4. The van der Waals surface area contributed by atoms with Gasteiger partial charge < -0.3 is 5.73 Å². The van der Waals surface area contributed by atoms with Crippen molar-refractivity contribution >= 4 is 15.5 Å². The van der Waals surface area contributed by atoms with E-state index in [1.807, 2.05) is 6.92 Å². The standard InChI is InChI=1S/C12H18FNO2S/c1-2-3-4-7-17(15,16)9-10-5-6-11(14)8-12(10)13/h5-6,8H,2-4,7,9,14H2,1H3. The number of benzene rings is 1. The molecule has 0 saturated heterocycles. The topological polar surface area (TPSA) is 60.2 Å². The van der Waals surface area contributed by atoms with Crippen molar-refractivity contribution in [2.75, 3.05) is 11.5 Å². The fourth-order valence-electron chi connectivity index (χ4n) is 1.56. The van der Waals surface area contributed by atoms with Crippen LogP contribution in [0.3, 0.4) is 0 Å². The molecule has 0 aliphatic heterocycles. The van der Waals surface area contributed by atoms with E-state index in [-0.39, 0.29) is 17.1 Å². The van der Waals surface area contributed by atoms with Crippen LogP contribution in [-0.4, -0.2) is 14.2 Å². The van der Waals surface area contributed by atoms with Crippen LogP contribution in [0.4, 0.5) is 10.1 Å². The summed E-state index contributed by atoms with van der Waals surface area (Å²) in [6, 6.07) is 4.10. The molecule has 3 nitrogen and oxygen atoms in total. The highest BCUT2D eigenvalue weighted by molar-refractivity contribution is 7.90. The number of nitrogens with two attached hydrogens (primary N) is 1. The lowest BCUT2D eigenvalue weighted by molar-refractivity contribution is 0.583. The number of unbranched alkanes of at least 4 members (excludes halogenated alkanes) is 2. The number of anilines is 1. The second-order valence-electron chi connectivity index (χ2n) is 4.15. The van der Waals surface area contributed by atoms with E-state index in [4.69, 9.17) is 5.73 Å². The molecular weight excluding hydrogens is 241 g/mol. The lowest BCUT2D eigenvalue weighted by Gasteiger charge is -2.06. The molecule has 0 bridgehead atoms. The molecule has 1 aromatic carbocycles. The van der Waals surface area contributed by atoms with Gasteiger partial charge >= 0.3 is 0 Å². The lowest BCUT2D eigenvalue weighted by Crippen LogP contribution is -2.10. The van der Waals surface area contributed by atoms with E-state index in [0.717, 1.165) is 18.9 Å². The van der Waals surface area contributed by atoms with E-state index in [9.17, 15) is 12.8 Å². The van der Waals surface area contributed by atoms with Crippen LogP contribution in [0.15, 0.2) is 18.2 Å². The van der Waals surface area contributed by atoms with E-state index < -0.39 is 15.7 Å². The molecule has 0 aliphatic carbocycles. The van der Waals surface area contributed by atoms with Crippen molar-refractivity contribution in [3.8, 4) is 0 Å². The van der Waals surface area contributed by atoms with Gasteiger partial charge in [-0.2, -0.15) is 0 Å². The van der Waals surface area contributed by atoms with Crippen LogP contribution in [0.2, 0.25) is 0 Å². The van der Waals surface area contributed by atoms with Crippen molar-refractivity contribution in [1.82, 2.24) is 0 Å². The smallest absolute Gasteiger partial charge is 0.154 e. The zero-order valence-corrected chi connectivity index (χ0v) is 10.8. The van der Waals surface area contributed by atoms with E-state index >= 15 is 0 Å². The fraction of sp³-hybridized carbons (Fsp3) is 0.500. The minimum absolute atomic E-state index is 0.116. The molecule has 96 valence electrons. The van der Waals surface area contributed by atoms with Crippen LogP contribution < -0.4 is 5.73 Å². The normalized spacial score (nSPS) is 11.6. The van der Waals surface area contributed by atoms with Crippen molar-refractivity contribution in [2.45, 2.75) is 31.9 Å². The van der Waals surface area contributed by atoms with Gasteiger partial charge in [0.05, 0.1) is 11.5 Å². The van der Waals surface area contributed by atoms with Gasteiger partial charge in [0.15, 0.2) is 9.84 Å². The van der Waals surface area contributed by atoms with Crippen molar-refractivity contribution in [2.24, 2.45) is 0 Å². The molecule has 0 fully saturated rings. The summed E-state index contributed by atoms with van der Waals surface area (Å²) in [5.41, 5.74) is 5.89. The van der Waals surface area contributed by atoms with E-state index in [1.165, 1.54) is 12.1 Å². The van der Waals surface area contributed by atoms with Gasteiger partial charge in [0.1, 0.15) is 5.82 Å². The fourth-order valence-corrected chi connectivity index (χ4v) is 3.06. The van der Waals surface area contributed by atoms with Crippen molar-refractivity contribution in [3.05, 3.63) is 29.6 Å². The van der Waals surface area contributed by atoms with E-state index in [0.29, 0.717) is 12.1 Å². The number of hydrogen-bond acceptors (Lipinski definition) is 3. The summed E-state index contributed by atoms with van der Waals surface area (Å²) < 4.78 is 36.9. The monoisotopic (exact) mass is 259 g/mol. The molecular formula is C12H18FNO2S. The molecule has 1 aromatic rings. The summed E-state index contributed by atoms with van der Waals surface area (Å²) in [5.74, 6) is -0.683. The molecule has 0 saturated carbocycles. The summed E-state index contributed by atoms with van der Waals surface area (Å²) in [5, 5.41) is 0. The third kappa shape index (κ3) is 4.73. The third-order valence-corrected chi connectivity index (χ3v) is 4.17. The Bertz CT molecular complexity index is 471. The molecule has 0 aliphatic rings. The zero-order valence-electron chi connectivity index (χ0n) is 9.95. The van der Waals surface area contributed by atoms with Crippen molar-refractivity contribution < 1.29 is 12.8 Å². The van der Waals surface area contributed by atoms with E-state index in [2.05, 4.69) is 0 Å². The second-order valence-corrected chi connectivity index (χ2v) is 6.33. The Balaban J connectivity index is 2.69. The molecule has 0 spiro atoms. The Kier molecular flexibility index (Phi) is 4.93. The molecule has 0 amide bonds. The largest absolute Gasteiger partial charge is 0.399 e. The quantitative estimate of drug-likeness (QED) is 0.630. The van der Waals surface area contributed by atoms with Crippen molar-refractivity contribution in [3.63, 3.8) is 0 Å². The van der Waals surface area contributed by atoms with Crippen LogP contribution in [0.5, 0.6) is 0 Å². The predicted octanol–water partition coefficient (Wildman–Crippen LogP) is 2.51. The molecule has 5 heteroatoms. The highest BCUT2D eigenvalue weighted by Gasteiger charge is 2.14. The summed E-state index contributed by atoms with van der Waals surface area (Å²) in [4.78, 5) is 0. The van der Waals surface area contributed by atoms with Gasteiger partial charge in [0.2, 0.25) is 0 Å².